The lowest BCUT2D eigenvalue weighted by Gasteiger charge is -2.23. The fraction of sp³-hybridized carbons (Fsp3) is 0.500. The van der Waals surface area contributed by atoms with Gasteiger partial charge in [-0.15, -0.1) is 0 Å². The molecule has 1 aromatic carbocycles. The summed E-state index contributed by atoms with van der Waals surface area (Å²) >= 11 is 0. The van der Waals surface area contributed by atoms with Gasteiger partial charge >= 0.3 is 6.18 Å². The lowest BCUT2D eigenvalue weighted by atomic mass is 10.1. The van der Waals surface area contributed by atoms with Crippen LogP contribution in [0.1, 0.15) is 40.9 Å². The Morgan fingerprint density at radius 2 is 1.86 bits per heavy atom. The molecule has 0 saturated carbocycles. The lowest BCUT2D eigenvalue weighted by Crippen LogP contribution is -2.37. The number of para-hydroxylation sites is 1. The van der Waals surface area contributed by atoms with E-state index in [9.17, 15) is 18.0 Å². The Bertz CT molecular complexity index is 871. The number of likely N-dealkylation sites (tertiary alicyclic amines) is 2. The monoisotopic (exact) mass is 392 g/mol. The molecule has 1 amide bonds. The van der Waals surface area contributed by atoms with Crippen LogP contribution in [0.5, 0.6) is 0 Å². The quantitative estimate of drug-likeness (QED) is 0.803. The molecule has 0 bridgehead atoms. The molecule has 5 nitrogen and oxygen atoms in total. The van der Waals surface area contributed by atoms with Crippen LogP contribution >= 0.6 is 0 Å². The van der Waals surface area contributed by atoms with E-state index in [-0.39, 0.29) is 11.6 Å². The average molecular weight is 392 g/mol. The molecule has 8 heteroatoms. The Hall–Kier alpha value is -2.35. The third-order valence-electron chi connectivity index (χ3n) is 5.72. The molecule has 0 aliphatic carbocycles. The predicted molar refractivity (Wildman–Crippen MR) is 98.4 cm³/mol. The van der Waals surface area contributed by atoms with Crippen LogP contribution in [0, 0.1) is 6.92 Å². The third kappa shape index (κ3) is 3.41. The van der Waals surface area contributed by atoms with Crippen molar-refractivity contribution in [3.05, 3.63) is 47.3 Å². The minimum Gasteiger partial charge on any atom is -0.337 e. The van der Waals surface area contributed by atoms with Crippen molar-refractivity contribution in [3.8, 4) is 5.69 Å². The number of nitrogens with zero attached hydrogens (tertiary/aromatic N) is 4. The van der Waals surface area contributed by atoms with Gasteiger partial charge in [-0.3, -0.25) is 9.69 Å². The van der Waals surface area contributed by atoms with E-state index in [1.54, 1.807) is 31.2 Å². The van der Waals surface area contributed by atoms with Crippen LogP contribution in [-0.4, -0.2) is 57.7 Å². The fourth-order valence-corrected chi connectivity index (χ4v) is 4.26. The maximum absolute atomic E-state index is 13.9. The summed E-state index contributed by atoms with van der Waals surface area (Å²) in [6.07, 6.45) is -0.532. The number of aromatic nitrogens is 2. The van der Waals surface area contributed by atoms with Crippen molar-refractivity contribution in [2.45, 2.75) is 38.4 Å². The van der Waals surface area contributed by atoms with Crippen LogP contribution < -0.4 is 0 Å². The van der Waals surface area contributed by atoms with E-state index in [4.69, 9.17) is 0 Å². The molecule has 28 heavy (non-hydrogen) atoms. The molecule has 2 aliphatic heterocycles. The average Bonchev–Trinajstić information content (AvgIpc) is 3.39. The molecule has 1 atom stereocenters. The van der Waals surface area contributed by atoms with Crippen LogP contribution in [0.4, 0.5) is 13.2 Å². The first kappa shape index (κ1) is 19.0. The molecule has 2 aromatic rings. The maximum atomic E-state index is 13.9. The molecule has 0 spiro atoms. The number of alkyl halides is 3. The zero-order valence-corrected chi connectivity index (χ0v) is 15.7. The summed E-state index contributed by atoms with van der Waals surface area (Å²) in [6, 6.07) is 6.95. The van der Waals surface area contributed by atoms with Gasteiger partial charge in [-0.05, 0) is 50.9 Å². The van der Waals surface area contributed by atoms with Gasteiger partial charge in [0, 0.05) is 19.1 Å². The number of hydrogen-bond acceptors (Lipinski definition) is 3. The number of amides is 1. The molecule has 1 aromatic heterocycles. The molecule has 2 fully saturated rings. The second-order valence-corrected chi connectivity index (χ2v) is 7.54. The molecule has 0 N–H and O–H groups in total. The Labute approximate surface area is 161 Å². The summed E-state index contributed by atoms with van der Waals surface area (Å²) in [5.74, 6) is -0.589. The van der Waals surface area contributed by atoms with Gasteiger partial charge in [-0.1, -0.05) is 18.2 Å². The highest BCUT2D eigenvalue weighted by Gasteiger charge is 2.42. The molecule has 4 rings (SSSR count). The molecule has 1 unspecified atom stereocenters. The summed E-state index contributed by atoms with van der Waals surface area (Å²) in [5.41, 5.74) is -0.398. The van der Waals surface area contributed by atoms with Gasteiger partial charge in [0.1, 0.15) is 0 Å². The van der Waals surface area contributed by atoms with E-state index in [1.165, 1.54) is 4.90 Å². The van der Waals surface area contributed by atoms with Crippen molar-refractivity contribution in [2.75, 3.05) is 26.2 Å². The Morgan fingerprint density at radius 1 is 1.14 bits per heavy atom. The van der Waals surface area contributed by atoms with Crippen molar-refractivity contribution >= 4 is 5.91 Å². The second kappa shape index (κ2) is 7.24. The maximum Gasteiger partial charge on any atom is 0.434 e. The van der Waals surface area contributed by atoms with E-state index in [0.717, 1.165) is 43.2 Å². The van der Waals surface area contributed by atoms with Crippen LogP contribution in [0.3, 0.4) is 0 Å². The summed E-state index contributed by atoms with van der Waals surface area (Å²) in [5, 5.41) is 3.94. The fourth-order valence-electron chi connectivity index (χ4n) is 4.26. The van der Waals surface area contributed by atoms with Crippen molar-refractivity contribution in [1.82, 2.24) is 19.6 Å². The Balaban J connectivity index is 1.64. The van der Waals surface area contributed by atoms with Gasteiger partial charge in [0.2, 0.25) is 0 Å². The summed E-state index contributed by atoms with van der Waals surface area (Å²) < 4.78 is 42.5. The number of rotatable bonds is 3. The topological polar surface area (TPSA) is 41.4 Å². The van der Waals surface area contributed by atoms with Gasteiger partial charge in [0.15, 0.2) is 5.69 Å². The first-order valence-electron chi connectivity index (χ1n) is 9.61. The SMILES string of the molecule is Cc1ccccc1-n1ncc(C(=O)N2CCC(N3CCCC3)C2)c1C(F)(F)F. The van der Waals surface area contributed by atoms with Gasteiger partial charge in [0.05, 0.1) is 17.4 Å². The molecule has 0 radical (unpaired) electrons. The van der Waals surface area contributed by atoms with Crippen LogP contribution in [0.15, 0.2) is 30.5 Å². The molecule has 3 heterocycles. The number of benzene rings is 1. The summed E-state index contributed by atoms with van der Waals surface area (Å²) in [4.78, 5) is 16.8. The number of halogens is 3. The van der Waals surface area contributed by atoms with E-state index >= 15 is 0 Å². The normalized spacial score (nSPS) is 20.9. The van der Waals surface area contributed by atoms with Crippen molar-refractivity contribution in [2.24, 2.45) is 0 Å². The number of hydrogen-bond donors (Lipinski definition) is 0. The van der Waals surface area contributed by atoms with Gasteiger partial charge in [0.25, 0.3) is 5.91 Å². The highest BCUT2D eigenvalue weighted by molar-refractivity contribution is 5.95. The zero-order valence-electron chi connectivity index (χ0n) is 15.7. The highest BCUT2D eigenvalue weighted by Crippen LogP contribution is 2.35. The van der Waals surface area contributed by atoms with E-state index < -0.39 is 17.8 Å². The first-order valence-corrected chi connectivity index (χ1v) is 9.61. The molecule has 2 saturated heterocycles. The first-order chi connectivity index (χ1) is 13.4. The predicted octanol–water partition coefficient (Wildman–Crippen LogP) is 3.51. The Kier molecular flexibility index (Phi) is 4.91. The largest absolute Gasteiger partial charge is 0.434 e. The standard InChI is InChI=1S/C20H23F3N4O/c1-14-6-2-3-7-17(14)27-18(20(21,22)23)16(12-24-27)19(28)26-11-8-15(13-26)25-9-4-5-10-25/h2-3,6-7,12,15H,4-5,8-11,13H2,1H3. The Morgan fingerprint density at radius 3 is 2.54 bits per heavy atom. The number of aryl methyl sites for hydroxylation is 1. The van der Waals surface area contributed by atoms with Crippen molar-refractivity contribution in [1.29, 1.82) is 0 Å². The minimum atomic E-state index is -4.68. The van der Waals surface area contributed by atoms with Gasteiger partial charge in [-0.2, -0.15) is 18.3 Å². The van der Waals surface area contributed by atoms with E-state index in [0.29, 0.717) is 24.3 Å². The molecule has 150 valence electrons. The molecular formula is C20H23F3N4O. The van der Waals surface area contributed by atoms with E-state index in [1.807, 2.05) is 0 Å². The number of carbonyl (C=O) groups is 1. The van der Waals surface area contributed by atoms with Crippen LogP contribution in [0.2, 0.25) is 0 Å². The lowest BCUT2D eigenvalue weighted by molar-refractivity contribution is -0.143. The summed E-state index contributed by atoms with van der Waals surface area (Å²) in [6.45, 7) is 4.69. The van der Waals surface area contributed by atoms with Crippen molar-refractivity contribution < 1.29 is 18.0 Å². The smallest absolute Gasteiger partial charge is 0.337 e. The highest BCUT2D eigenvalue weighted by atomic mass is 19.4. The van der Waals surface area contributed by atoms with Crippen LogP contribution in [0.25, 0.3) is 5.69 Å². The van der Waals surface area contributed by atoms with Gasteiger partial charge in [-0.25, -0.2) is 4.68 Å². The van der Waals surface area contributed by atoms with E-state index in [2.05, 4.69) is 10.00 Å². The zero-order chi connectivity index (χ0) is 19.9. The van der Waals surface area contributed by atoms with Crippen molar-refractivity contribution in [3.63, 3.8) is 0 Å². The summed E-state index contributed by atoms with van der Waals surface area (Å²) in [7, 11) is 0. The third-order valence-corrected chi connectivity index (χ3v) is 5.72. The minimum absolute atomic E-state index is 0.243. The molecule has 2 aliphatic rings. The molecular weight excluding hydrogens is 369 g/mol. The number of carbonyl (C=O) groups excluding carboxylic acids is 1. The van der Waals surface area contributed by atoms with Gasteiger partial charge < -0.3 is 4.90 Å². The second-order valence-electron chi connectivity index (χ2n) is 7.54. The van der Waals surface area contributed by atoms with Crippen LogP contribution in [-0.2, 0) is 6.18 Å².